The Labute approximate surface area is 117 Å². The maximum Gasteiger partial charge on any atom is 0.325 e. The van der Waals surface area contributed by atoms with Crippen molar-refractivity contribution in [2.45, 2.75) is 12.5 Å². The maximum absolute atomic E-state index is 10.8. The normalized spacial score (nSPS) is 11.8. The van der Waals surface area contributed by atoms with Crippen LogP contribution in [0.25, 0.3) is 0 Å². The first kappa shape index (κ1) is 14.1. The number of rotatable bonds is 6. The molecule has 0 spiro atoms. The minimum Gasteiger partial charge on any atom is -0.493 e. The summed E-state index contributed by atoms with van der Waals surface area (Å²) in [5.41, 5.74) is 7.31. The molecule has 0 bridgehead atoms. The lowest BCUT2D eigenvalue weighted by molar-refractivity contribution is -0.138. The minimum absolute atomic E-state index is 0.563. The molecule has 0 aliphatic carbocycles. The van der Waals surface area contributed by atoms with E-state index in [0.717, 1.165) is 6.42 Å². The van der Waals surface area contributed by atoms with Crippen molar-refractivity contribution in [3.8, 4) is 5.75 Å². The fraction of sp³-hybridized carbons (Fsp3) is 0.188. The van der Waals surface area contributed by atoms with Crippen LogP contribution in [0.4, 0.5) is 0 Å². The highest BCUT2D eigenvalue weighted by Gasteiger charge is 2.13. The summed E-state index contributed by atoms with van der Waals surface area (Å²) in [6.45, 7) is 0.578. The lowest BCUT2D eigenvalue weighted by Gasteiger charge is -2.09. The smallest absolute Gasteiger partial charge is 0.325 e. The summed E-state index contributed by atoms with van der Waals surface area (Å²) in [7, 11) is 0. The van der Waals surface area contributed by atoms with Gasteiger partial charge in [0.1, 0.15) is 11.8 Å². The van der Waals surface area contributed by atoms with E-state index in [0.29, 0.717) is 17.9 Å². The molecule has 4 nitrogen and oxygen atoms in total. The lowest BCUT2D eigenvalue weighted by Crippen LogP contribution is -2.20. The number of carboxylic acid groups (broad SMARTS) is 1. The van der Waals surface area contributed by atoms with Gasteiger partial charge in [-0.05, 0) is 23.3 Å². The topological polar surface area (TPSA) is 72.6 Å². The predicted octanol–water partition coefficient (Wildman–Crippen LogP) is 2.39. The van der Waals surface area contributed by atoms with Gasteiger partial charge in [-0.3, -0.25) is 4.79 Å². The summed E-state index contributed by atoms with van der Waals surface area (Å²) in [6.07, 6.45) is 0.831. The number of nitrogens with two attached hydrogens (primary N) is 1. The van der Waals surface area contributed by atoms with E-state index in [4.69, 9.17) is 15.6 Å². The van der Waals surface area contributed by atoms with E-state index in [9.17, 15) is 4.79 Å². The van der Waals surface area contributed by atoms with Crippen LogP contribution in [0.3, 0.4) is 0 Å². The van der Waals surface area contributed by atoms with Crippen molar-refractivity contribution in [2.24, 2.45) is 5.73 Å². The average molecular weight is 271 g/mol. The maximum atomic E-state index is 10.8. The Morgan fingerprint density at radius 1 is 1.10 bits per heavy atom. The van der Waals surface area contributed by atoms with E-state index in [1.165, 1.54) is 5.56 Å². The third-order valence-electron chi connectivity index (χ3n) is 3.01. The van der Waals surface area contributed by atoms with Gasteiger partial charge >= 0.3 is 5.97 Å². The highest BCUT2D eigenvalue weighted by Crippen LogP contribution is 2.17. The summed E-state index contributed by atoms with van der Waals surface area (Å²) in [6, 6.07) is 15.9. The molecule has 0 saturated heterocycles. The minimum atomic E-state index is -1.04. The number of hydrogen-bond acceptors (Lipinski definition) is 3. The molecule has 0 saturated carbocycles. The summed E-state index contributed by atoms with van der Waals surface area (Å²) in [5, 5.41) is 8.82. The zero-order valence-corrected chi connectivity index (χ0v) is 11.0. The first-order chi connectivity index (χ1) is 9.66. The van der Waals surface area contributed by atoms with Gasteiger partial charge in [0.05, 0.1) is 6.61 Å². The van der Waals surface area contributed by atoms with Crippen LogP contribution in [-0.4, -0.2) is 17.7 Å². The van der Waals surface area contributed by atoms with E-state index >= 15 is 0 Å². The molecule has 1 atom stereocenters. The molecule has 0 heterocycles. The Balaban J connectivity index is 1.86. The summed E-state index contributed by atoms with van der Waals surface area (Å²) in [4.78, 5) is 10.8. The molecular formula is C16H17NO3. The van der Waals surface area contributed by atoms with Gasteiger partial charge in [-0.1, -0.05) is 42.5 Å². The molecule has 0 fully saturated rings. The third-order valence-corrected chi connectivity index (χ3v) is 3.01. The fourth-order valence-electron chi connectivity index (χ4n) is 1.85. The van der Waals surface area contributed by atoms with E-state index < -0.39 is 12.0 Å². The van der Waals surface area contributed by atoms with Crippen LogP contribution in [0, 0.1) is 0 Å². The van der Waals surface area contributed by atoms with Crippen LogP contribution < -0.4 is 10.5 Å². The van der Waals surface area contributed by atoms with E-state index in [1.54, 1.807) is 24.3 Å². The zero-order valence-electron chi connectivity index (χ0n) is 11.0. The molecule has 0 aromatic heterocycles. The summed E-state index contributed by atoms with van der Waals surface area (Å²) < 4.78 is 5.62. The molecule has 4 heteroatoms. The SMILES string of the molecule is NC(C(=O)O)c1ccc(OCCc2ccccc2)cc1. The van der Waals surface area contributed by atoms with Crippen LogP contribution in [-0.2, 0) is 11.2 Å². The van der Waals surface area contributed by atoms with Crippen molar-refractivity contribution in [1.82, 2.24) is 0 Å². The molecule has 0 aliphatic rings. The van der Waals surface area contributed by atoms with E-state index in [2.05, 4.69) is 12.1 Å². The van der Waals surface area contributed by atoms with Crippen LogP contribution in [0.2, 0.25) is 0 Å². The fourth-order valence-corrected chi connectivity index (χ4v) is 1.85. The number of carboxylic acids is 1. The van der Waals surface area contributed by atoms with Gasteiger partial charge in [0, 0.05) is 6.42 Å². The standard InChI is InChI=1S/C16H17NO3/c17-15(16(18)19)13-6-8-14(9-7-13)20-11-10-12-4-2-1-3-5-12/h1-9,15H,10-11,17H2,(H,18,19). The Morgan fingerprint density at radius 3 is 2.35 bits per heavy atom. The summed E-state index contributed by atoms with van der Waals surface area (Å²) in [5.74, 6) is -0.329. The lowest BCUT2D eigenvalue weighted by atomic mass is 10.1. The molecule has 2 aromatic rings. The molecule has 3 N–H and O–H groups in total. The van der Waals surface area contributed by atoms with Gasteiger partial charge in [0.15, 0.2) is 0 Å². The Bertz CT molecular complexity index is 552. The monoisotopic (exact) mass is 271 g/mol. The second-order valence-corrected chi connectivity index (χ2v) is 4.47. The van der Waals surface area contributed by atoms with Crippen LogP contribution >= 0.6 is 0 Å². The average Bonchev–Trinajstić information content (AvgIpc) is 2.48. The third kappa shape index (κ3) is 3.83. The quantitative estimate of drug-likeness (QED) is 0.846. The predicted molar refractivity (Wildman–Crippen MR) is 76.6 cm³/mol. The van der Waals surface area contributed by atoms with Crippen LogP contribution in [0.1, 0.15) is 17.2 Å². The van der Waals surface area contributed by atoms with Gasteiger partial charge in [0.2, 0.25) is 0 Å². The largest absolute Gasteiger partial charge is 0.493 e. The second-order valence-electron chi connectivity index (χ2n) is 4.47. The number of ether oxygens (including phenoxy) is 1. The molecule has 2 aromatic carbocycles. The van der Waals surface area contributed by atoms with Gasteiger partial charge in [-0.25, -0.2) is 0 Å². The van der Waals surface area contributed by atoms with E-state index in [1.807, 2.05) is 18.2 Å². The number of aliphatic carboxylic acids is 1. The van der Waals surface area contributed by atoms with Gasteiger partial charge in [-0.2, -0.15) is 0 Å². The van der Waals surface area contributed by atoms with Crippen molar-refractivity contribution in [3.05, 3.63) is 65.7 Å². The molecule has 0 aliphatic heterocycles. The number of benzene rings is 2. The van der Waals surface area contributed by atoms with Crippen LogP contribution in [0.5, 0.6) is 5.75 Å². The van der Waals surface area contributed by atoms with Gasteiger partial charge in [0.25, 0.3) is 0 Å². The molecule has 0 amide bonds. The number of carbonyl (C=O) groups is 1. The van der Waals surface area contributed by atoms with E-state index in [-0.39, 0.29) is 0 Å². The van der Waals surface area contributed by atoms with Crippen molar-refractivity contribution in [1.29, 1.82) is 0 Å². The second kappa shape index (κ2) is 6.73. The Kier molecular flexibility index (Phi) is 4.74. The molecular weight excluding hydrogens is 254 g/mol. The Morgan fingerprint density at radius 2 is 1.75 bits per heavy atom. The zero-order chi connectivity index (χ0) is 14.4. The highest BCUT2D eigenvalue weighted by molar-refractivity contribution is 5.75. The van der Waals surface area contributed by atoms with Crippen molar-refractivity contribution < 1.29 is 14.6 Å². The Hall–Kier alpha value is -2.33. The number of hydrogen-bond donors (Lipinski definition) is 2. The first-order valence-electron chi connectivity index (χ1n) is 6.42. The van der Waals surface area contributed by atoms with Crippen molar-refractivity contribution >= 4 is 5.97 Å². The molecule has 0 radical (unpaired) electrons. The first-order valence-corrected chi connectivity index (χ1v) is 6.42. The van der Waals surface area contributed by atoms with Gasteiger partial charge in [-0.15, -0.1) is 0 Å². The molecule has 1 unspecified atom stereocenters. The molecule has 2 rings (SSSR count). The highest BCUT2D eigenvalue weighted by atomic mass is 16.5. The van der Waals surface area contributed by atoms with Crippen LogP contribution in [0.15, 0.2) is 54.6 Å². The summed E-state index contributed by atoms with van der Waals surface area (Å²) >= 11 is 0. The van der Waals surface area contributed by atoms with Crippen molar-refractivity contribution in [3.63, 3.8) is 0 Å². The van der Waals surface area contributed by atoms with Gasteiger partial charge < -0.3 is 15.6 Å². The molecule has 104 valence electrons. The van der Waals surface area contributed by atoms with Crippen molar-refractivity contribution in [2.75, 3.05) is 6.61 Å². The molecule has 20 heavy (non-hydrogen) atoms.